The summed E-state index contributed by atoms with van der Waals surface area (Å²) in [7, 11) is -1.90. The van der Waals surface area contributed by atoms with E-state index in [1.165, 1.54) is 6.07 Å². The van der Waals surface area contributed by atoms with E-state index in [0.29, 0.717) is 12.8 Å². The molecule has 0 aliphatic rings. The Morgan fingerprint density at radius 1 is 0.564 bits per heavy atom. The second kappa shape index (κ2) is 27.4. The maximum atomic E-state index is 14.4. The van der Waals surface area contributed by atoms with E-state index in [9.17, 15) is 43.2 Å². The van der Waals surface area contributed by atoms with Crippen LogP contribution in [0, 0.1) is 35.4 Å². The number of nitrogens with two attached hydrogens (primary N) is 4. The largest absolute Gasteiger partial charge is 0.488 e. The molecule has 1 aromatic rings. The van der Waals surface area contributed by atoms with Gasteiger partial charge in [-0.05, 0) is 56.1 Å². The van der Waals surface area contributed by atoms with Crippen molar-refractivity contribution in [1.29, 1.82) is 0 Å². The van der Waals surface area contributed by atoms with Gasteiger partial charge in [0.05, 0.1) is 5.56 Å². The molecule has 0 bridgehead atoms. The van der Waals surface area contributed by atoms with Crippen LogP contribution in [0.25, 0.3) is 0 Å². The molecule has 310 valence electrons. The summed E-state index contributed by atoms with van der Waals surface area (Å²) in [6.45, 7) is 4.92. The molecule has 0 fully saturated rings. The molecule has 0 radical (unpaired) electrons. The molecule has 0 saturated carbocycles. The standard InChI is InChI=1S/C35H62BFN10O8/c1-3-22(30(48)42-11-7-38)17-24(32(50)43-12-8-39)19-26(34(52)45-14-10-41)20-25(33(51)44-13-9-40)18-23(4-2)31(49)46-15-16-47-35(53)28-6-5-27(36(54)55)21-29(28)37/h5-6,21-26,54-55H,3-4,7-20,38-41H2,1-2H3,(H,42,48)(H,43,50)(H,44,51)(H,45,52)(H,46,49)(H,47,53). The number of rotatable bonds is 28. The van der Waals surface area contributed by atoms with Gasteiger partial charge in [-0.1, -0.05) is 19.9 Å². The number of hydrogen-bond acceptors (Lipinski definition) is 12. The average molecular weight is 781 g/mol. The molecule has 16 N–H and O–H groups in total. The van der Waals surface area contributed by atoms with Gasteiger partial charge in [0.25, 0.3) is 5.91 Å². The first-order valence-electron chi connectivity index (χ1n) is 18.9. The van der Waals surface area contributed by atoms with Crippen molar-refractivity contribution in [2.45, 2.75) is 52.4 Å². The highest BCUT2D eigenvalue weighted by Crippen LogP contribution is 2.30. The quantitative estimate of drug-likeness (QED) is 0.0287. The van der Waals surface area contributed by atoms with Crippen LogP contribution in [-0.2, 0) is 24.0 Å². The topological polar surface area (TPSA) is 319 Å². The Kier molecular flexibility index (Phi) is 24.3. The van der Waals surface area contributed by atoms with E-state index in [2.05, 4.69) is 31.9 Å². The number of nitrogens with one attached hydrogen (secondary N) is 6. The highest BCUT2D eigenvalue weighted by Gasteiger charge is 2.35. The van der Waals surface area contributed by atoms with E-state index in [0.717, 1.165) is 12.1 Å². The van der Waals surface area contributed by atoms with Crippen LogP contribution in [0.4, 0.5) is 4.39 Å². The predicted molar refractivity (Wildman–Crippen MR) is 206 cm³/mol. The molecule has 1 aromatic carbocycles. The molecule has 0 aromatic heterocycles. The summed E-state index contributed by atoms with van der Waals surface area (Å²) >= 11 is 0. The van der Waals surface area contributed by atoms with Crippen LogP contribution in [0.5, 0.6) is 0 Å². The summed E-state index contributed by atoms with van der Waals surface area (Å²) in [5, 5.41) is 34.7. The third-order valence-electron chi connectivity index (χ3n) is 9.14. The molecule has 0 saturated heterocycles. The SMILES string of the molecule is CCC(CC(CC(CC(CC(CC)C(=O)NCCNC(=O)c1ccc(B(O)O)cc1F)C(=O)NCCN)C(=O)NCCN)C(=O)NCCN)C(=O)NCCN. The summed E-state index contributed by atoms with van der Waals surface area (Å²) < 4.78 is 14.4. The van der Waals surface area contributed by atoms with Crippen LogP contribution in [0.15, 0.2) is 18.2 Å². The van der Waals surface area contributed by atoms with Crippen LogP contribution < -0.4 is 60.3 Å². The van der Waals surface area contributed by atoms with Crippen molar-refractivity contribution < 1.29 is 43.2 Å². The van der Waals surface area contributed by atoms with E-state index < -0.39 is 72.1 Å². The van der Waals surface area contributed by atoms with Crippen molar-refractivity contribution in [2.75, 3.05) is 65.4 Å². The highest BCUT2D eigenvalue weighted by molar-refractivity contribution is 6.58. The van der Waals surface area contributed by atoms with Crippen LogP contribution in [0.2, 0.25) is 0 Å². The Morgan fingerprint density at radius 2 is 0.891 bits per heavy atom. The Labute approximate surface area is 322 Å². The van der Waals surface area contributed by atoms with Gasteiger partial charge in [0.1, 0.15) is 5.82 Å². The van der Waals surface area contributed by atoms with Gasteiger partial charge in [-0.3, -0.25) is 28.8 Å². The van der Waals surface area contributed by atoms with Gasteiger partial charge >= 0.3 is 7.12 Å². The number of halogens is 1. The number of carbonyl (C=O) groups is 6. The summed E-state index contributed by atoms with van der Waals surface area (Å²) in [6.07, 6.45) is 0.832. The average Bonchev–Trinajstić information content (AvgIpc) is 3.17. The molecular weight excluding hydrogens is 718 g/mol. The van der Waals surface area contributed by atoms with Gasteiger partial charge < -0.3 is 64.9 Å². The zero-order valence-corrected chi connectivity index (χ0v) is 32.0. The first-order valence-corrected chi connectivity index (χ1v) is 18.9. The minimum atomic E-state index is -1.90. The van der Waals surface area contributed by atoms with Gasteiger partial charge in [-0.25, -0.2) is 4.39 Å². The molecule has 20 heteroatoms. The normalized spacial score (nSPS) is 13.7. The Balaban J connectivity index is 3.24. The third kappa shape index (κ3) is 17.9. The monoisotopic (exact) mass is 780 g/mol. The lowest BCUT2D eigenvalue weighted by Gasteiger charge is -2.29. The summed E-state index contributed by atoms with van der Waals surface area (Å²) in [5.74, 6) is -7.52. The molecule has 18 nitrogen and oxygen atoms in total. The van der Waals surface area contributed by atoms with Crippen molar-refractivity contribution in [3.63, 3.8) is 0 Å². The third-order valence-corrected chi connectivity index (χ3v) is 9.14. The smallest absolute Gasteiger partial charge is 0.423 e. The fourth-order valence-corrected chi connectivity index (χ4v) is 6.06. The van der Waals surface area contributed by atoms with E-state index >= 15 is 0 Å². The van der Waals surface area contributed by atoms with Crippen LogP contribution in [0.3, 0.4) is 0 Å². The van der Waals surface area contributed by atoms with Gasteiger partial charge in [-0.2, -0.15) is 0 Å². The van der Waals surface area contributed by atoms with Gasteiger partial charge in [0.15, 0.2) is 0 Å². The molecule has 0 heterocycles. The minimum absolute atomic E-state index is 0.0132. The molecule has 0 spiro atoms. The maximum absolute atomic E-state index is 14.4. The summed E-state index contributed by atoms with van der Waals surface area (Å²) in [4.78, 5) is 79.4. The van der Waals surface area contributed by atoms with Crippen LogP contribution >= 0.6 is 0 Å². The number of benzene rings is 1. The van der Waals surface area contributed by atoms with Gasteiger partial charge in [0, 0.05) is 95.0 Å². The first-order chi connectivity index (χ1) is 26.3. The molecule has 5 unspecified atom stereocenters. The Bertz CT molecular complexity index is 1380. The number of carbonyl (C=O) groups excluding carboxylic acids is 6. The summed E-state index contributed by atoms with van der Waals surface area (Å²) in [6, 6.07) is 3.15. The fraction of sp³-hybridized carbons (Fsp3) is 0.657. The fourth-order valence-electron chi connectivity index (χ4n) is 6.06. The molecule has 0 aliphatic carbocycles. The lowest BCUT2D eigenvalue weighted by molar-refractivity contribution is -0.131. The van der Waals surface area contributed by atoms with Crippen LogP contribution in [-0.4, -0.2) is 118 Å². The first kappa shape index (κ1) is 48.8. The van der Waals surface area contributed by atoms with Crippen molar-refractivity contribution >= 4 is 48.0 Å². The van der Waals surface area contributed by atoms with E-state index in [1.807, 2.05) is 6.92 Å². The van der Waals surface area contributed by atoms with Crippen molar-refractivity contribution in [3.05, 3.63) is 29.6 Å². The van der Waals surface area contributed by atoms with Crippen molar-refractivity contribution in [2.24, 2.45) is 52.5 Å². The van der Waals surface area contributed by atoms with Crippen LogP contribution in [0.1, 0.15) is 62.7 Å². The zero-order valence-electron chi connectivity index (χ0n) is 32.0. The lowest BCUT2D eigenvalue weighted by Crippen LogP contribution is -2.44. The molecule has 1 rings (SSSR count). The second-order valence-corrected chi connectivity index (χ2v) is 13.2. The van der Waals surface area contributed by atoms with Crippen molar-refractivity contribution in [1.82, 2.24) is 31.9 Å². The van der Waals surface area contributed by atoms with Gasteiger partial charge in [-0.15, -0.1) is 0 Å². The minimum Gasteiger partial charge on any atom is -0.423 e. The van der Waals surface area contributed by atoms with E-state index in [-0.39, 0.29) is 108 Å². The summed E-state index contributed by atoms with van der Waals surface area (Å²) in [5.41, 5.74) is 22.0. The Morgan fingerprint density at radius 3 is 1.22 bits per heavy atom. The molecule has 6 amide bonds. The number of amides is 6. The molecule has 5 atom stereocenters. The Hall–Kier alpha value is -4.21. The van der Waals surface area contributed by atoms with E-state index in [4.69, 9.17) is 22.9 Å². The maximum Gasteiger partial charge on any atom is 0.488 e. The molecule has 55 heavy (non-hydrogen) atoms. The number of hydrogen-bond donors (Lipinski definition) is 12. The van der Waals surface area contributed by atoms with Gasteiger partial charge in [0.2, 0.25) is 29.5 Å². The predicted octanol–water partition coefficient (Wildman–Crippen LogP) is -3.89. The van der Waals surface area contributed by atoms with Crippen molar-refractivity contribution in [3.8, 4) is 0 Å². The molecule has 0 aliphatic heterocycles. The zero-order chi connectivity index (χ0) is 41.3. The lowest BCUT2D eigenvalue weighted by atomic mass is 9.78. The van der Waals surface area contributed by atoms with E-state index in [1.54, 1.807) is 6.92 Å². The highest BCUT2D eigenvalue weighted by atomic mass is 19.1. The molecular formula is C35H62BFN10O8. The second-order valence-electron chi connectivity index (χ2n) is 13.2.